The summed E-state index contributed by atoms with van der Waals surface area (Å²) in [5, 5.41) is 1.69. The molecular weight excluding hydrogens is 260 g/mol. The Morgan fingerprint density at radius 2 is 2.20 bits per heavy atom. The van der Waals surface area contributed by atoms with E-state index in [1.165, 1.54) is 5.69 Å². The van der Waals surface area contributed by atoms with Gasteiger partial charge in [0.1, 0.15) is 0 Å². The summed E-state index contributed by atoms with van der Waals surface area (Å²) >= 11 is 6.76. The van der Waals surface area contributed by atoms with Crippen molar-refractivity contribution in [3.05, 3.63) is 17.7 Å². The second-order valence-corrected chi connectivity index (χ2v) is 3.14. The third kappa shape index (κ3) is 1.42. The number of alkyl halides is 2. The summed E-state index contributed by atoms with van der Waals surface area (Å²) in [6.07, 6.45) is 1.83. The molecule has 4 heteroatoms. The Labute approximate surface area is 76.9 Å². The minimum atomic E-state index is 0.828. The van der Waals surface area contributed by atoms with Gasteiger partial charge in [-0.1, -0.05) is 31.9 Å². The first kappa shape index (κ1) is 8.27. The molecule has 0 aliphatic carbocycles. The van der Waals surface area contributed by atoms with E-state index in [1.807, 2.05) is 17.9 Å². The Morgan fingerprint density at radius 3 is 2.60 bits per heavy atom. The van der Waals surface area contributed by atoms with Crippen LogP contribution in [0.15, 0.2) is 6.33 Å². The van der Waals surface area contributed by atoms with Crippen LogP contribution in [0.5, 0.6) is 0 Å². The fraction of sp³-hybridized carbons (Fsp3) is 0.500. The SMILES string of the molecule is Cn1cnc(CBr)c1CBr. The first-order valence-electron chi connectivity index (χ1n) is 2.90. The van der Waals surface area contributed by atoms with Crippen molar-refractivity contribution < 1.29 is 0 Å². The molecule has 1 aromatic rings. The van der Waals surface area contributed by atoms with Crippen LogP contribution in [0.25, 0.3) is 0 Å². The smallest absolute Gasteiger partial charge is 0.0949 e. The summed E-state index contributed by atoms with van der Waals surface area (Å²) in [6, 6.07) is 0. The monoisotopic (exact) mass is 266 g/mol. The maximum Gasteiger partial charge on any atom is 0.0949 e. The number of aromatic nitrogens is 2. The van der Waals surface area contributed by atoms with Crippen LogP contribution in [0.4, 0.5) is 0 Å². The van der Waals surface area contributed by atoms with E-state index in [0.29, 0.717) is 0 Å². The predicted molar refractivity (Wildman–Crippen MR) is 48.5 cm³/mol. The molecular formula is C6H8Br2N2. The summed E-state index contributed by atoms with van der Waals surface area (Å²) in [6.45, 7) is 0. The Morgan fingerprint density at radius 1 is 1.50 bits per heavy atom. The molecule has 0 fully saturated rings. The lowest BCUT2D eigenvalue weighted by molar-refractivity contribution is 0.866. The van der Waals surface area contributed by atoms with Gasteiger partial charge >= 0.3 is 0 Å². The second-order valence-electron chi connectivity index (χ2n) is 2.02. The highest BCUT2D eigenvalue weighted by Gasteiger charge is 2.04. The van der Waals surface area contributed by atoms with Crippen molar-refractivity contribution in [2.45, 2.75) is 10.7 Å². The van der Waals surface area contributed by atoms with Crippen LogP contribution in [0, 0.1) is 0 Å². The molecule has 56 valence electrons. The molecule has 2 nitrogen and oxygen atoms in total. The highest BCUT2D eigenvalue weighted by atomic mass is 79.9. The number of hydrogen-bond donors (Lipinski definition) is 0. The molecule has 0 radical (unpaired) electrons. The van der Waals surface area contributed by atoms with E-state index in [0.717, 1.165) is 16.4 Å². The molecule has 0 atom stereocenters. The number of aryl methyl sites for hydroxylation is 1. The maximum absolute atomic E-state index is 4.19. The lowest BCUT2D eigenvalue weighted by Gasteiger charge is -1.97. The molecule has 0 spiro atoms. The summed E-state index contributed by atoms with van der Waals surface area (Å²) in [5.74, 6) is 0. The average molecular weight is 268 g/mol. The molecule has 0 N–H and O–H groups in total. The molecule has 10 heavy (non-hydrogen) atoms. The zero-order chi connectivity index (χ0) is 7.56. The molecule has 0 aromatic carbocycles. The lowest BCUT2D eigenvalue weighted by atomic mass is 10.4. The van der Waals surface area contributed by atoms with Crippen molar-refractivity contribution in [2.24, 2.45) is 7.05 Å². The van der Waals surface area contributed by atoms with Crippen LogP contribution in [0.3, 0.4) is 0 Å². The Balaban J connectivity index is 3.01. The lowest BCUT2D eigenvalue weighted by Crippen LogP contribution is -1.93. The van der Waals surface area contributed by atoms with E-state index in [-0.39, 0.29) is 0 Å². The van der Waals surface area contributed by atoms with Gasteiger partial charge in [-0.15, -0.1) is 0 Å². The van der Waals surface area contributed by atoms with Gasteiger partial charge in [0.05, 0.1) is 17.7 Å². The van der Waals surface area contributed by atoms with E-state index in [1.54, 1.807) is 0 Å². The highest BCUT2D eigenvalue weighted by Crippen LogP contribution is 2.12. The number of rotatable bonds is 2. The molecule has 0 saturated heterocycles. The van der Waals surface area contributed by atoms with Crippen LogP contribution < -0.4 is 0 Å². The molecule has 0 unspecified atom stereocenters. The van der Waals surface area contributed by atoms with Crippen LogP contribution in [0.1, 0.15) is 11.4 Å². The van der Waals surface area contributed by atoms with Crippen LogP contribution in [-0.4, -0.2) is 9.55 Å². The fourth-order valence-electron chi connectivity index (χ4n) is 0.787. The van der Waals surface area contributed by atoms with E-state index in [9.17, 15) is 0 Å². The van der Waals surface area contributed by atoms with Crippen molar-refractivity contribution >= 4 is 31.9 Å². The largest absolute Gasteiger partial charge is 0.337 e. The third-order valence-electron chi connectivity index (χ3n) is 1.40. The zero-order valence-electron chi connectivity index (χ0n) is 5.64. The molecule has 1 heterocycles. The number of halogens is 2. The van der Waals surface area contributed by atoms with Crippen molar-refractivity contribution in [1.29, 1.82) is 0 Å². The quantitative estimate of drug-likeness (QED) is 0.752. The van der Waals surface area contributed by atoms with Crippen molar-refractivity contribution in [3.8, 4) is 0 Å². The van der Waals surface area contributed by atoms with Gasteiger partial charge in [0, 0.05) is 17.7 Å². The van der Waals surface area contributed by atoms with Gasteiger partial charge in [0.2, 0.25) is 0 Å². The van der Waals surface area contributed by atoms with Crippen molar-refractivity contribution in [3.63, 3.8) is 0 Å². The minimum Gasteiger partial charge on any atom is -0.337 e. The minimum absolute atomic E-state index is 0.828. The van der Waals surface area contributed by atoms with Crippen molar-refractivity contribution in [2.75, 3.05) is 0 Å². The summed E-state index contributed by atoms with van der Waals surface area (Å²) < 4.78 is 2.02. The van der Waals surface area contributed by atoms with Gasteiger partial charge in [0.25, 0.3) is 0 Å². The number of imidazole rings is 1. The Kier molecular flexibility index (Phi) is 2.92. The van der Waals surface area contributed by atoms with Crippen LogP contribution in [0.2, 0.25) is 0 Å². The highest BCUT2D eigenvalue weighted by molar-refractivity contribution is 9.09. The summed E-state index contributed by atoms with van der Waals surface area (Å²) in [7, 11) is 2.00. The van der Waals surface area contributed by atoms with Gasteiger partial charge in [-0.05, 0) is 0 Å². The Hall–Kier alpha value is 0.170. The van der Waals surface area contributed by atoms with E-state index in [4.69, 9.17) is 0 Å². The van der Waals surface area contributed by atoms with Gasteiger partial charge in [-0.2, -0.15) is 0 Å². The molecule has 0 aliphatic heterocycles. The normalized spacial score (nSPS) is 10.3. The predicted octanol–water partition coefficient (Wildman–Crippen LogP) is 2.21. The molecule has 0 saturated carbocycles. The van der Waals surface area contributed by atoms with E-state index < -0.39 is 0 Å². The summed E-state index contributed by atoms with van der Waals surface area (Å²) in [5.41, 5.74) is 2.34. The molecule has 1 aromatic heterocycles. The van der Waals surface area contributed by atoms with Crippen molar-refractivity contribution in [1.82, 2.24) is 9.55 Å². The maximum atomic E-state index is 4.19. The molecule has 0 bridgehead atoms. The van der Waals surface area contributed by atoms with E-state index >= 15 is 0 Å². The van der Waals surface area contributed by atoms with Gasteiger partial charge < -0.3 is 4.57 Å². The summed E-state index contributed by atoms with van der Waals surface area (Å²) in [4.78, 5) is 4.19. The second kappa shape index (κ2) is 3.53. The first-order valence-corrected chi connectivity index (χ1v) is 5.15. The standard InChI is InChI=1S/C6H8Br2N2/c1-10-4-9-5(2-7)6(10)3-8/h4H,2-3H2,1H3. The molecule has 0 aliphatic rings. The van der Waals surface area contributed by atoms with Gasteiger partial charge in [0.15, 0.2) is 0 Å². The average Bonchev–Trinajstić information content (AvgIpc) is 2.30. The molecule has 0 amide bonds. The van der Waals surface area contributed by atoms with Crippen LogP contribution >= 0.6 is 31.9 Å². The van der Waals surface area contributed by atoms with Gasteiger partial charge in [-0.25, -0.2) is 4.98 Å². The topological polar surface area (TPSA) is 17.8 Å². The fourth-order valence-corrected chi connectivity index (χ4v) is 1.97. The number of nitrogens with zero attached hydrogens (tertiary/aromatic N) is 2. The Bertz CT molecular complexity index is 220. The first-order chi connectivity index (χ1) is 4.79. The number of hydrogen-bond acceptors (Lipinski definition) is 1. The third-order valence-corrected chi connectivity index (χ3v) is 2.46. The van der Waals surface area contributed by atoms with Crippen LogP contribution in [-0.2, 0) is 17.7 Å². The zero-order valence-corrected chi connectivity index (χ0v) is 8.81. The molecule has 1 rings (SSSR count). The van der Waals surface area contributed by atoms with E-state index in [2.05, 4.69) is 36.8 Å². The van der Waals surface area contributed by atoms with Gasteiger partial charge in [-0.3, -0.25) is 0 Å².